The van der Waals surface area contributed by atoms with Gasteiger partial charge in [0, 0.05) is 18.3 Å². The predicted octanol–water partition coefficient (Wildman–Crippen LogP) is 3.44. The highest BCUT2D eigenvalue weighted by Crippen LogP contribution is 2.32. The molecule has 0 saturated heterocycles. The lowest BCUT2D eigenvalue weighted by atomic mass is 9.94. The number of halogens is 3. The maximum absolute atomic E-state index is 13.0. The van der Waals surface area contributed by atoms with Crippen molar-refractivity contribution in [2.45, 2.75) is 25.7 Å². The minimum Gasteiger partial charge on any atom is -0.326 e. The van der Waals surface area contributed by atoms with Crippen molar-refractivity contribution in [2.24, 2.45) is 17.4 Å². The van der Waals surface area contributed by atoms with Gasteiger partial charge in [0.25, 0.3) is 0 Å². The van der Waals surface area contributed by atoms with Crippen molar-refractivity contribution >= 4 is 11.6 Å². The predicted molar refractivity (Wildman–Crippen MR) is 90.5 cm³/mol. The van der Waals surface area contributed by atoms with Crippen LogP contribution in [-0.2, 0) is 17.5 Å². The second-order valence-corrected chi connectivity index (χ2v) is 5.83. The number of rotatable bonds is 5. The van der Waals surface area contributed by atoms with Crippen LogP contribution < -0.4 is 16.8 Å². The van der Waals surface area contributed by atoms with Crippen molar-refractivity contribution in [3.63, 3.8) is 0 Å². The summed E-state index contributed by atoms with van der Waals surface area (Å²) in [7, 11) is 0. The number of benzene rings is 2. The summed E-state index contributed by atoms with van der Waals surface area (Å²) >= 11 is 0. The summed E-state index contributed by atoms with van der Waals surface area (Å²) in [4.78, 5) is 12.4. The molecule has 0 bridgehead atoms. The van der Waals surface area contributed by atoms with Crippen LogP contribution in [0.3, 0.4) is 0 Å². The number of anilines is 1. The minimum absolute atomic E-state index is 0.0485. The number of amides is 1. The molecular weight excluding hydrogens is 331 g/mol. The Bertz CT molecular complexity index is 732. The van der Waals surface area contributed by atoms with Gasteiger partial charge in [-0.15, -0.1) is 0 Å². The smallest absolute Gasteiger partial charge is 0.326 e. The molecule has 5 N–H and O–H groups in total. The molecule has 25 heavy (non-hydrogen) atoms. The number of carbonyl (C=O) groups is 1. The van der Waals surface area contributed by atoms with E-state index in [1.807, 2.05) is 6.07 Å². The summed E-state index contributed by atoms with van der Waals surface area (Å²) in [5.41, 5.74) is 11.8. The van der Waals surface area contributed by atoms with Crippen LogP contribution >= 0.6 is 0 Å². The number of nitrogens with two attached hydrogens (primary N) is 2. The van der Waals surface area contributed by atoms with Gasteiger partial charge in [0.1, 0.15) is 0 Å². The minimum atomic E-state index is -4.52. The first-order valence-electron chi connectivity index (χ1n) is 7.75. The molecule has 2 aromatic carbocycles. The van der Waals surface area contributed by atoms with Crippen molar-refractivity contribution in [1.82, 2.24) is 0 Å². The summed E-state index contributed by atoms with van der Waals surface area (Å²) in [5, 5.41) is 2.51. The fraction of sp³-hybridized carbons (Fsp3) is 0.278. The highest BCUT2D eigenvalue weighted by molar-refractivity contribution is 5.93. The van der Waals surface area contributed by atoms with Crippen LogP contribution in [0.25, 0.3) is 0 Å². The topological polar surface area (TPSA) is 81.1 Å². The summed E-state index contributed by atoms with van der Waals surface area (Å²) in [6, 6.07) is 11.7. The van der Waals surface area contributed by atoms with Gasteiger partial charge in [0.2, 0.25) is 5.91 Å². The zero-order valence-electron chi connectivity index (χ0n) is 13.7. The summed E-state index contributed by atoms with van der Waals surface area (Å²) in [6.07, 6.45) is -4.52. The lowest BCUT2D eigenvalue weighted by Crippen LogP contribution is -2.30. The molecule has 2 rings (SSSR count). The molecule has 0 fully saturated rings. The maximum atomic E-state index is 13.0. The van der Waals surface area contributed by atoms with Crippen LogP contribution in [0, 0.1) is 5.92 Å². The van der Waals surface area contributed by atoms with Crippen LogP contribution in [-0.4, -0.2) is 5.91 Å². The number of hydrogen-bond donors (Lipinski definition) is 3. The van der Waals surface area contributed by atoms with Crippen molar-refractivity contribution in [1.29, 1.82) is 0 Å². The Morgan fingerprint density at radius 1 is 1.16 bits per heavy atom. The Morgan fingerprint density at radius 3 is 2.36 bits per heavy atom. The molecule has 0 spiro atoms. The highest BCUT2D eigenvalue weighted by Gasteiger charge is 2.31. The molecule has 2 aromatic rings. The van der Waals surface area contributed by atoms with Gasteiger partial charge in [-0.2, -0.15) is 13.2 Å². The third-order valence-corrected chi connectivity index (χ3v) is 3.96. The lowest BCUT2D eigenvalue weighted by molar-refractivity contribution is -0.137. The molecule has 134 valence electrons. The van der Waals surface area contributed by atoms with Crippen LogP contribution in [0.15, 0.2) is 48.5 Å². The van der Waals surface area contributed by atoms with E-state index in [4.69, 9.17) is 11.5 Å². The fourth-order valence-corrected chi connectivity index (χ4v) is 2.43. The van der Waals surface area contributed by atoms with Crippen molar-refractivity contribution < 1.29 is 18.0 Å². The molecule has 0 aliphatic rings. The molecule has 0 aliphatic heterocycles. The van der Waals surface area contributed by atoms with Gasteiger partial charge in [-0.05, 0) is 29.3 Å². The summed E-state index contributed by atoms with van der Waals surface area (Å²) in [6.45, 7) is 1.57. The Labute approximate surface area is 144 Å². The lowest BCUT2D eigenvalue weighted by Gasteiger charge is -2.20. The second kappa shape index (κ2) is 7.67. The third-order valence-electron chi connectivity index (χ3n) is 3.96. The van der Waals surface area contributed by atoms with Crippen LogP contribution in [0.5, 0.6) is 0 Å². The van der Waals surface area contributed by atoms with Gasteiger partial charge in [0.15, 0.2) is 0 Å². The zero-order chi connectivity index (χ0) is 18.6. The number of carbonyl (C=O) groups excluding carboxylic acids is 1. The monoisotopic (exact) mass is 351 g/mol. The molecule has 2 atom stereocenters. The molecule has 0 aliphatic carbocycles. The Hall–Kier alpha value is -2.38. The normalized spacial score (nSPS) is 14.0. The van der Waals surface area contributed by atoms with Gasteiger partial charge in [-0.3, -0.25) is 4.79 Å². The van der Waals surface area contributed by atoms with Crippen molar-refractivity contribution in [2.75, 3.05) is 5.32 Å². The van der Waals surface area contributed by atoms with Crippen LogP contribution in [0.2, 0.25) is 0 Å². The average Bonchev–Trinajstić information content (AvgIpc) is 2.60. The van der Waals surface area contributed by atoms with Gasteiger partial charge in [-0.25, -0.2) is 0 Å². The van der Waals surface area contributed by atoms with E-state index in [9.17, 15) is 18.0 Å². The van der Waals surface area contributed by atoms with Gasteiger partial charge in [0.05, 0.1) is 11.5 Å². The SMILES string of the molecule is CC(C(=O)Nc1cc(CN)cc(C(F)(F)F)c1)C(N)c1ccccc1. The Kier molecular flexibility index (Phi) is 5.81. The molecule has 7 heteroatoms. The van der Waals surface area contributed by atoms with E-state index < -0.39 is 29.6 Å². The van der Waals surface area contributed by atoms with E-state index in [2.05, 4.69) is 5.32 Å². The van der Waals surface area contributed by atoms with Crippen molar-refractivity contribution in [3.05, 3.63) is 65.2 Å². The Morgan fingerprint density at radius 2 is 1.80 bits per heavy atom. The summed E-state index contributed by atoms with van der Waals surface area (Å²) in [5.74, 6) is -1.09. The maximum Gasteiger partial charge on any atom is 0.416 e. The molecule has 0 saturated carbocycles. The van der Waals surface area contributed by atoms with E-state index in [-0.39, 0.29) is 17.8 Å². The van der Waals surface area contributed by atoms with E-state index in [0.717, 1.165) is 17.7 Å². The first kappa shape index (κ1) is 19.0. The van der Waals surface area contributed by atoms with E-state index in [1.165, 1.54) is 6.07 Å². The van der Waals surface area contributed by atoms with Gasteiger partial charge in [-0.1, -0.05) is 37.3 Å². The number of nitrogens with one attached hydrogen (secondary N) is 1. The molecule has 1 amide bonds. The molecule has 0 radical (unpaired) electrons. The van der Waals surface area contributed by atoms with Crippen LogP contribution in [0.4, 0.5) is 18.9 Å². The first-order valence-corrected chi connectivity index (χ1v) is 7.75. The van der Waals surface area contributed by atoms with Gasteiger partial charge < -0.3 is 16.8 Å². The highest BCUT2D eigenvalue weighted by atomic mass is 19.4. The zero-order valence-corrected chi connectivity index (χ0v) is 13.7. The van der Waals surface area contributed by atoms with E-state index in [0.29, 0.717) is 0 Å². The van der Waals surface area contributed by atoms with Crippen molar-refractivity contribution in [3.8, 4) is 0 Å². The fourth-order valence-electron chi connectivity index (χ4n) is 2.43. The molecule has 2 unspecified atom stereocenters. The molecule has 0 aromatic heterocycles. The number of hydrogen-bond acceptors (Lipinski definition) is 3. The standard InChI is InChI=1S/C18H20F3N3O/c1-11(16(23)13-5-3-2-4-6-13)17(25)24-15-8-12(10-22)7-14(9-15)18(19,20)21/h2-9,11,16H,10,22-23H2,1H3,(H,24,25). The molecule has 0 heterocycles. The Balaban J connectivity index is 2.19. The molecular formula is C18H20F3N3O. The third kappa shape index (κ3) is 4.80. The number of alkyl halides is 3. The van der Waals surface area contributed by atoms with Gasteiger partial charge >= 0.3 is 6.18 Å². The largest absolute Gasteiger partial charge is 0.416 e. The summed E-state index contributed by atoms with van der Waals surface area (Å²) < 4.78 is 38.9. The van der Waals surface area contributed by atoms with E-state index in [1.54, 1.807) is 31.2 Å². The van der Waals surface area contributed by atoms with Crippen LogP contribution in [0.1, 0.15) is 29.7 Å². The second-order valence-electron chi connectivity index (χ2n) is 5.83. The van der Waals surface area contributed by atoms with E-state index >= 15 is 0 Å². The quantitative estimate of drug-likeness (QED) is 0.772. The average molecular weight is 351 g/mol. The first-order chi connectivity index (χ1) is 11.7. The molecule has 4 nitrogen and oxygen atoms in total.